The molecule has 0 amide bonds. The zero-order valence-electron chi connectivity index (χ0n) is 16.9. The molecule has 1 saturated carbocycles. The molecule has 1 aliphatic carbocycles. The highest BCUT2D eigenvalue weighted by atomic mass is 19.1. The third-order valence-electron chi connectivity index (χ3n) is 5.89. The van der Waals surface area contributed by atoms with Crippen molar-refractivity contribution < 1.29 is 18.7 Å². The van der Waals surface area contributed by atoms with Gasteiger partial charge in [0.25, 0.3) is 0 Å². The minimum absolute atomic E-state index is 0.0921. The second-order valence-electron chi connectivity index (χ2n) is 7.86. The zero-order valence-corrected chi connectivity index (χ0v) is 16.9. The van der Waals surface area contributed by atoms with Crippen LogP contribution in [0.2, 0.25) is 0 Å². The normalized spacial score (nSPS) is 21.9. The molecule has 3 atom stereocenters. The van der Waals surface area contributed by atoms with Crippen molar-refractivity contribution in [2.75, 3.05) is 7.11 Å². The molecule has 1 fully saturated rings. The van der Waals surface area contributed by atoms with E-state index in [1.165, 1.54) is 56.9 Å². The molecule has 0 N–H and O–H groups in total. The van der Waals surface area contributed by atoms with Gasteiger partial charge in [0.1, 0.15) is 5.75 Å². The van der Waals surface area contributed by atoms with Crippen molar-refractivity contribution in [3.63, 3.8) is 0 Å². The summed E-state index contributed by atoms with van der Waals surface area (Å²) in [5, 5.41) is 0. The molecule has 150 valence electrons. The van der Waals surface area contributed by atoms with Crippen LogP contribution in [0.25, 0.3) is 0 Å². The summed E-state index contributed by atoms with van der Waals surface area (Å²) >= 11 is 0. The van der Waals surface area contributed by atoms with Crippen molar-refractivity contribution in [2.45, 2.75) is 51.9 Å². The lowest BCUT2D eigenvalue weighted by atomic mass is 9.71. The Morgan fingerprint density at radius 3 is 2.54 bits per heavy atom. The lowest BCUT2D eigenvalue weighted by Crippen LogP contribution is -2.21. The van der Waals surface area contributed by atoms with Crippen LogP contribution in [0.3, 0.4) is 0 Å². The lowest BCUT2D eigenvalue weighted by molar-refractivity contribution is 0.0600. The average Bonchev–Trinajstić information content (AvgIpc) is 2.71. The average molecular weight is 384 g/mol. The van der Waals surface area contributed by atoms with Gasteiger partial charge in [0.2, 0.25) is 0 Å². The summed E-state index contributed by atoms with van der Waals surface area (Å²) in [6, 6.07) is 12.1. The van der Waals surface area contributed by atoms with Crippen molar-refractivity contribution in [3.8, 4) is 11.5 Å². The van der Waals surface area contributed by atoms with Gasteiger partial charge in [-0.1, -0.05) is 45.2 Å². The van der Waals surface area contributed by atoms with E-state index in [0.29, 0.717) is 17.6 Å². The predicted octanol–water partition coefficient (Wildman–Crippen LogP) is 6.72. The van der Waals surface area contributed by atoms with Crippen LogP contribution in [0.5, 0.6) is 11.5 Å². The molecule has 0 heterocycles. The minimum atomic E-state index is -0.588. The Morgan fingerprint density at radius 1 is 1.14 bits per heavy atom. The fourth-order valence-corrected chi connectivity index (χ4v) is 4.28. The summed E-state index contributed by atoms with van der Waals surface area (Å²) in [5.41, 5.74) is 1.50. The van der Waals surface area contributed by atoms with Crippen molar-refractivity contribution in [3.05, 3.63) is 59.4 Å². The van der Waals surface area contributed by atoms with Crippen LogP contribution in [0.15, 0.2) is 42.5 Å². The first-order valence-corrected chi connectivity index (χ1v) is 10.2. The second kappa shape index (κ2) is 9.22. The third kappa shape index (κ3) is 4.73. The maximum atomic E-state index is 14.2. The molecule has 4 heteroatoms. The largest absolute Gasteiger partial charge is 0.465 e. The van der Waals surface area contributed by atoms with E-state index in [2.05, 4.69) is 30.7 Å². The number of rotatable bonds is 6. The van der Waals surface area contributed by atoms with E-state index in [1.54, 1.807) is 0 Å². The predicted molar refractivity (Wildman–Crippen MR) is 108 cm³/mol. The molecule has 1 aliphatic rings. The fourth-order valence-electron chi connectivity index (χ4n) is 4.28. The Balaban J connectivity index is 1.70. The topological polar surface area (TPSA) is 35.5 Å². The standard InChI is InChI=1S/C24H29FO3/c1-4-5-17-7-6-16(2)21(14-17)18-8-11-20(12-9-18)28-23-13-10-19(15-22(23)25)24(26)27-3/h8-13,15-17,21H,4-7,14H2,1-3H3. The molecule has 3 rings (SSSR count). The van der Waals surface area contributed by atoms with Crippen LogP contribution in [0.1, 0.15) is 67.8 Å². The van der Waals surface area contributed by atoms with Gasteiger partial charge in [0.15, 0.2) is 11.6 Å². The van der Waals surface area contributed by atoms with Gasteiger partial charge in [-0.3, -0.25) is 0 Å². The number of hydrogen-bond acceptors (Lipinski definition) is 3. The molecule has 0 aliphatic heterocycles. The molecular formula is C24H29FO3. The Bertz CT molecular complexity index is 800. The first kappa shape index (κ1) is 20.4. The molecule has 0 aromatic heterocycles. The maximum absolute atomic E-state index is 14.2. The lowest BCUT2D eigenvalue weighted by Gasteiger charge is -2.34. The van der Waals surface area contributed by atoms with Crippen molar-refractivity contribution in [2.24, 2.45) is 11.8 Å². The van der Waals surface area contributed by atoms with Gasteiger partial charge in [-0.15, -0.1) is 0 Å². The minimum Gasteiger partial charge on any atom is -0.465 e. The van der Waals surface area contributed by atoms with E-state index in [4.69, 9.17) is 4.74 Å². The summed E-state index contributed by atoms with van der Waals surface area (Å²) < 4.78 is 24.5. The maximum Gasteiger partial charge on any atom is 0.337 e. The Hall–Kier alpha value is -2.36. The smallest absolute Gasteiger partial charge is 0.337 e. The van der Waals surface area contributed by atoms with Crippen LogP contribution in [-0.4, -0.2) is 13.1 Å². The highest BCUT2D eigenvalue weighted by molar-refractivity contribution is 5.89. The molecule has 3 nitrogen and oxygen atoms in total. The van der Waals surface area contributed by atoms with Crippen LogP contribution in [-0.2, 0) is 4.74 Å². The molecular weight excluding hydrogens is 355 g/mol. The number of benzene rings is 2. The summed E-state index contributed by atoms with van der Waals surface area (Å²) in [6.07, 6.45) is 6.43. The SMILES string of the molecule is CCCC1CCC(C)C(c2ccc(Oc3ccc(C(=O)OC)cc3F)cc2)C1. The molecule has 0 radical (unpaired) electrons. The third-order valence-corrected chi connectivity index (χ3v) is 5.89. The molecule has 0 bridgehead atoms. The van der Waals surface area contributed by atoms with E-state index >= 15 is 0 Å². The summed E-state index contributed by atoms with van der Waals surface area (Å²) in [4.78, 5) is 11.5. The van der Waals surface area contributed by atoms with Crippen LogP contribution in [0, 0.1) is 17.7 Å². The van der Waals surface area contributed by atoms with Gasteiger partial charge in [-0.05, 0) is 66.5 Å². The Kier molecular flexibility index (Phi) is 6.71. The molecule has 28 heavy (non-hydrogen) atoms. The molecule has 0 saturated heterocycles. The van der Waals surface area contributed by atoms with Gasteiger partial charge < -0.3 is 9.47 Å². The highest BCUT2D eigenvalue weighted by Crippen LogP contribution is 2.42. The molecule has 2 aromatic carbocycles. The summed E-state index contributed by atoms with van der Waals surface area (Å²) in [7, 11) is 1.27. The second-order valence-corrected chi connectivity index (χ2v) is 7.86. The number of hydrogen-bond donors (Lipinski definition) is 0. The van der Waals surface area contributed by atoms with Crippen LogP contribution < -0.4 is 4.74 Å². The van der Waals surface area contributed by atoms with E-state index in [-0.39, 0.29) is 11.3 Å². The Labute approximate surface area is 166 Å². The van der Waals surface area contributed by atoms with Crippen LogP contribution in [0.4, 0.5) is 4.39 Å². The first-order chi connectivity index (χ1) is 13.5. The van der Waals surface area contributed by atoms with Gasteiger partial charge in [0.05, 0.1) is 12.7 Å². The number of halogens is 1. The number of methoxy groups -OCH3 is 1. The molecule has 2 aromatic rings. The number of esters is 1. The Morgan fingerprint density at radius 2 is 1.89 bits per heavy atom. The van der Waals surface area contributed by atoms with Crippen molar-refractivity contribution in [1.29, 1.82) is 0 Å². The first-order valence-electron chi connectivity index (χ1n) is 10.2. The van der Waals surface area contributed by atoms with Gasteiger partial charge in [-0.25, -0.2) is 9.18 Å². The van der Waals surface area contributed by atoms with E-state index < -0.39 is 11.8 Å². The van der Waals surface area contributed by atoms with E-state index in [1.807, 2.05) is 12.1 Å². The fraction of sp³-hybridized carbons (Fsp3) is 0.458. The highest BCUT2D eigenvalue weighted by Gasteiger charge is 2.28. The quantitative estimate of drug-likeness (QED) is 0.518. The number of ether oxygens (including phenoxy) is 2. The van der Waals surface area contributed by atoms with Crippen molar-refractivity contribution >= 4 is 5.97 Å². The molecule has 0 spiro atoms. The molecule has 3 unspecified atom stereocenters. The number of carbonyl (C=O) groups excluding carboxylic acids is 1. The van der Waals surface area contributed by atoms with Crippen LogP contribution >= 0.6 is 0 Å². The van der Waals surface area contributed by atoms with Crippen molar-refractivity contribution in [1.82, 2.24) is 0 Å². The number of carbonyl (C=O) groups is 1. The zero-order chi connectivity index (χ0) is 20.1. The summed E-state index contributed by atoms with van der Waals surface area (Å²) in [5.74, 6) is 1.60. The summed E-state index contributed by atoms with van der Waals surface area (Å²) in [6.45, 7) is 4.60. The van der Waals surface area contributed by atoms with Gasteiger partial charge in [0, 0.05) is 0 Å². The van der Waals surface area contributed by atoms with Gasteiger partial charge >= 0.3 is 5.97 Å². The van der Waals surface area contributed by atoms with E-state index in [0.717, 1.165) is 12.0 Å². The van der Waals surface area contributed by atoms with Gasteiger partial charge in [-0.2, -0.15) is 0 Å². The monoisotopic (exact) mass is 384 g/mol. The van der Waals surface area contributed by atoms with E-state index in [9.17, 15) is 9.18 Å².